The first-order chi connectivity index (χ1) is 10.8. The fraction of sp³-hybridized carbons (Fsp3) is 0.750. The zero-order chi connectivity index (χ0) is 16.8. The van der Waals surface area contributed by atoms with Crippen molar-refractivity contribution in [2.45, 2.75) is 65.4 Å². The smallest absolute Gasteiger partial charge is 0.333 e. The van der Waals surface area contributed by atoms with Gasteiger partial charge in [-0.3, -0.25) is 0 Å². The zero-order valence-electron chi connectivity index (χ0n) is 14.7. The van der Waals surface area contributed by atoms with Crippen molar-refractivity contribution in [2.75, 3.05) is 6.61 Å². The Balaban J connectivity index is 1.89. The van der Waals surface area contributed by atoms with E-state index < -0.39 is 6.10 Å². The summed E-state index contributed by atoms with van der Waals surface area (Å²) < 4.78 is 5.04. The molecule has 4 atom stereocenters. The van der Waals surface area contributed by atoms with Gasteiger partial charge in [0.15, 0.2) is 0 Å². The second kappa shape index (κ2) is 5.77. The zero-order valence-corrected chi connectivity index (χ0v) is 14.7. The van der Waals surface area contributed by atoms with Gasteiger partial charge in [-0.25, -0.2) is 4.79 Å². The van der Waals surface area contributed by atoms with Crippen LogP contribution in [0.15, 0.2) is 23.8 Å². The van der Waals surface area contributed by atoms with Crippen LogP contribution < -0.4 is 0 Å². The lowest BCUT2D eigenvalue weighted by Gasteiger charge is -2.59. The monoisotopic (exact) mass is 318 g/mol. The fourth-order valence-electron chi connectivity index (χ4n) is 5.52. The fourth-order valence-corrected chi connectivity index (χ4v) is 5.52. The molecule has 0 amide bonds. The maximum Gasteiger partial charge on any atom is 0.333 e. The third-order valence-corrected chi connectivity index (χ3v) is 6.87. The quantitative estimate of drug-likeness (QED) is 0.475. The Bertz CT molecular complexity index is 545. The van der Waals surface area contributed by atoms with Gasteiger partial charge in [0.2, 0.25) is 0 Å². The normalized spacial score (nSPS) is 41.7. The lowest BCUT2D eigenvalue weighted by Crippen LogP contribution is -2.52. The van der Waals surface area contributed by atoms with E-state index in [0.717, 1.165) is 24.0 Å². The van der Waals surface area contributed by atoms with Gasteiger partial charge in [0.05, 0.1) is 12.7 Å². The molecule has 3 aliphatic rings. The molecule has 23 heavy (non-hydrogen) atoms. The molecule has 1 saturated heterocycles. The summed E-state index contributed by atoms with van der Waals surface area (Å²) in [6, 6.07) is 0. The molecule has 0 aromatic carbocycles. The Kier molecular flexibility index (Phi) is 4.20. The summed E-state index contributed by atoms with van der Waals surface area (Å²) in [5.74, 6) is 0.581. The van der Waals surface area contributed by atoms with Crippen LogP contribution in [0.2, 0.25) is 0 Å². The first-order valence-electron chi connectivity index (χ1n) is 8.98. The second-order valence-electron chi connectivity index (χ2n) is 8.63. The minimum Gasteiger partial charge on any atom is -0.462 e. The van der Waals surface area contributed by atoms with Gasteiger partial charge in [-0.2, -0.15) is 0 Å². The average molecular weight is 318 g/mol. The third kappa shape index (κ3) is 2.77. The number of esters is 1. The molecule has 0 bridgehead atoms. The molecule has 3 rings (SSSR count). The predicted molar refractivity (Wildman–Crippen MR) is 90.8 cm³/mol. The van der Waals surface area contributed by atoms with Crippen molar-refractivity contribution in [1.82, 2.24) is 0 Å². The van der Waals surface area contributed by atoms with Gasteiger partial charge >= 0.3 is 5.97 Å². The summed E-state index contributed by atoms with van der Waals surface area (Å²) in [7, 11) is 0. The van der Waals surface area contributed by atoms with Crippen LogP contribution in [0.1, 0.15) is 59.3 Å². The number of carbonyl (C=O) groups is 1. The first kappa shape index (κ1) is 16.8. The van der Waals surface area contributed by atoms with E-state index in [1.807, 2.05) is 6.08 Å². The van der Waals surface area contributed by atoms with Crippen LogP contribution >= 0.6 is 0 Å². The largest absolute Gasteiger partial charge is 0.462 e. The predicted octanol–water partition coefficient (Wildman–Crippen LogP) is 4.02. The van der Waals surface area contributed by atoms with Crippen molar-refractivity contribution in [3.8, 4) is 0 Å². The molecule has 0 aromatic heterocycles. The molecule has 1 aliphatic heterocycles. The molecule has 2 saturated carbocycles. The van der Waals surface area contributed by atoms with Crippen molar-refractivity contribution < 1.29 is 14.6 Å². The number of rotatable bonds is 2. The molecule has 0 radical (unpaired) electrons. The van der Waals surface area contributed by atoms with Crippen LogP contribution in [-0.2, 0) is 9.53 Å². The maximum atomic E-state index is 11.7. The maximum absolute atomic E-state index is 11.7. The number of hydrogen-bond donors (Lipinski definition) is 1. The van der Waals surface area contributed by atoms with Gasteiger partial charge in [-0.15, -0.1) is 0 Å². The van der Waals surface area contributed by atoms with E-state index >= 15 is 0 Å². The average Bonchev–Trinajstić information content (AvgIpc) is 2.87. The minimum atomic E-state index is -0.413. The van der Waals surface area contributed by atoms with Crippen molar-refractivity contribution in [1.29, 1.82) is 0 Å². The number of cyclic esters (lactones) is 1. The molecule has 3 heteroatoms. The Morgan fingerprint density at radius 2 is 2.09 bits per heavy atom. The third-order valence-electron chi connectivity index (χ3n) is 6.87. The molecule has 1 heterocycles. The van der Waals surface area contributed by atoms with E-state index in [1.165, 1.54) is 19.3 Å². The molecule has 128 valence electrons. The van der Waals surface area contributed by atoms with Crippen LogP contribution in [0.4, 0.5) is 0 Å². The number of ether oxygens (including phenoxy) is 1. The molecule has 1 N–H and O–H groups in total. The molecule has 0 unspecified atom stereocenters. The molecule has 0 aromatic rings. The van der Waals surface area contributed by atoms with E-state index in [2.05, 4.69) is 27.4 Å². The number of hydrogen-bond acceptors (Lipinski definition) is 3. The first-order valence-corrected chi connectivity index (χ1v) is 8.98. The van der Waals surface area contributed by atoms with E-state index in [-0.39, 0.29) is 22.7 Å². The summed E-state index contributed by atoms with van der Waals surface area (Å²) in [6.45, 7) is 11.8. The summed E-state index contributed by atoms with van der Waals surface area (Å²) >= 11 is 0. The summed E-state index contributed by atoms with van der Waals surface area (Å²) in [5, 5.41) is 10.6. The summed E-state index contributed by atoms with van der Waals surface area (Å²) in [4.78, 5) is 11.7. The van der Waals surface area contributed by atoms with Crippen molar-refractivity contribution in [3.63, 3.8) is 0 Å². The van der Waals surface area contributed by atoms with Gasteiger partial charge in [0.1, 0.15) is 0 Å². The van der Waals surface area contributed by atoms with Crippen LogP contribution in [0.5, 0.6) is 0 Å². The molecule has 2 aliphatic carbocycles. The number of aliphatic hydroxyl groups excluding tert-OH is 1. The number of allylic oxidation sites excluding steroid dienone is 1. The highest BCUT2D eigenvalue weighted by Crippen LogP contribution is 2.61. The lowest BCUT2D eigenvalue weighted by molar-refractivity contribution is -0.135. The van der Waals surface area contributed by atoms with Crippen LogP contribution in [-0.4, -0.2) is 23.8 Å². The second-order valence-corrected chi connectivity index (χ2v) is 8.63. The van der Waals surface area contributed by atoms with E-state index in [0.29, 0.717) is 18.9 Å². The van der Waals surface area contributed by atoms with Crippen LogP contribution in [0.3, 0.4) is 0 Å². The standard InChI is InChI=1S/C20H30O3/c1-13-15(7-6-14-8-11-23-18(14)22)20(4)10-5-9-19(2,3)17(20)12-16(13)21/h6,15-17,21H,1,5,7-12H2,2-4H3/b14-6+/t15-,16-,17-,20-/m0/s1. The Morgan fingerprint density at radius 1 is 1.35 bits per heavy atom. The van der Waals surface area contributed by atoms with Crippen molar-refractivity contribution >= 4 is 5.97 Å². The highest BCUT2D eigenvalue weighted by atomic mass is 16.5. The van der Waals surface area contributed by atoms with E-state index in [9.17, 15) is 9.90 Å². The number of fused-ring (bicyclic) bond motifs is 1. The van der Waals surface area contributed by atoms with Gasteiger partial charge in [-0.05, 0) is 53.9 Å². The highest BCUT2D eigenvalue weighted by molar-refractivity contribution is 5.90. The summed E-state index contributed by atoms with van der Waals surface area (Å²) in [6.07, 6.45) is 7.63. The minimum absolute atomic E-state index is 0.164. The van der Waals surface area contributed by atoms with Crippen LogP contribution in [0.25, 0.3) is 0 Å². The Labute approximate surface area is 139 Å². The topological polar surface area (TPSA) is 46.5 Å². The molecular weight excluding hydrogens is 288 g/mol. The lowest BCUT2D eigenvalue weighted by atomic mass is 9.46. The molecule has 3 fully saturated rings. The number of carbonyl (C=O) groups excluding carboxylic acids is 1. The van der Waals surface area contributed by atoms with Gasteiger partial charge < -0.3 is 9.84 Å². The molecule has 0 spiro atoms. The van der Waals surface area contributed by atoms with E-state index in [4.69, 9.17) is 4.74 Å². The Hall–Kier alpha value is -1.09. The van der Waals surface area contributed by atoms with E-state index in [1.54, 1.807) is 0 Å². The number of aliphatic hydroxyl groups is 1. The highest BCUT2D eigenvalue weighted by Gasteiger charge is 2.54. The van der Waals surface area contributed by atoms with Crippen molar-refractivity contribution in [3.05, 3.63) is 23.8 Å². The van der Waals surface area contributed by atoms with Crippen molar-refractivity contribution in [2.24, 2.45) is 22.7 Å². The molecule has 3 nitrogen and oxygen atoms in total. The van der Waals surface area contributed by atoms with Gasteiger partial charge in [-0.1, -0.05) is 39.8 Å². The van der Waals surface area contributed by atoms with Gasteiger partial charge in [0, 0.05) is 12.0 Å². The Morgan fingerprint density at radius 3 is 2.74 bits per heavy atom. The van der Waals surface area contributed by atoms with Crippen LogP contribution in [0, 0.1) is 22.7 Å². The molecular formula is C20H30O3. The van der Waals surface area contributed by atoms with Gasteiger partial charge in [0.25, 0.3) is 0 Å². The summed E-state index contributed by atoms with van der Waals surface area (Å²) in [5.41, 5.74) is 2.18. The SMILES string of the molecule is C=C1[C@@H](O)C[C@H]2C(C)(C)CCC[C@@]2(C)[C@H]1C/C=C1\CCOC1=O.